The van der Waals surface area contributed by atoms with Crippen LogP contribution in [0.1, 0.15) is 21.5 Å². The minimum atomic E-state index is -0.395. The number of hydrogen-bond acceptors (Lipinski definition) is 3. The van der Waals surface area contributed by atoms with Crippen molar-refractivity contribution < 1.29 is 15.0 Å². The van der Waals surface area contributed by atoms with Gasteiger partial charge in [0, 0.05) is 28.2 Å². The predicted octanol–water partition coefficient (Wildman–Crippen LogP) is 1.85. The van der Waals surface area contributed by atoms with Gasteiger partial charge in [0.25, 0.3) is 5.91 Å². The molecule has 0 aliphatic heterocycles. The SMILES string of the molecule is O=C(N[C@@H](CO)Cc1c[nH]c2ccccc12)c1cccc(C#CCO)c1. The maximum absolute atomic E-state index is 12.5. The number of fused-ring (bicyclic) bond motifs is 1. The van der Waals surface area contributed by atoms with Gasteiger partial charge < -0.3 is 20.5 Å². The quantitative estimate of drug-likeness (QED) is 0.531. The summed E-state index contributed by atoms with van der Waals surface area (Å²) in [5.41, 5.74) is 3.19. The molecule has 0 spiro atoms. The number of nitrogens with one attached hydrogen (secondary N) is 2. The number of hydrogen-bond donors (Lipinski definition) is 4. The average molecular weight is 348 g/mol. The zero-order valence-corrected chi connectivity index (χ0v) is 14.2. The van der Waals surface area contributed by atoms with Gasteiger partial charge in [0.1, 0.15) is 6.61 Å². The Morgan fingerprint density at radius 3 is 2.81 bits per heavy atom. The van der Waals surface area contributed by atoms with Crippen molar-refractivity contribution in [1.29, 1.82) is 0 Å². The Hall–Kier alpha value is -3.07. The van der Waals surface area contributed by atoms with E-state index in [1.807, 2.05) is 30.5 Å². The molecule has 3 rings (SSSR count). The predicted molar refractivity (Wildman–Crippen MR) is 101 cm³/mol. The molecule has 0 aliphatic carbocycles. The molecule has 1 atom stereocenters. The van der Waals surface area contributed by atoms with Crippen LogP contribution in [-0.4, -0.2) is 40.4 Å². The minimum absolute atomic E-state index is 0.157. The third kappa shape index (κ3) is 4.12. The summed E-state index contributed by atoms with van der Waals surface area (Å²) in [7, 11) is 0. The lowest BCUT2D eigenvalue weighted by Crippen LogP contribution is -2.39. The van der Waals surface area contributed by atoms with Crippen molar-refractivity contribution in [3.63, 3.8) is 0 Å². The molecule has 1 aromatic heterocycles. The van der Waals surface area contributed by atoms with Crippen LogP contribution in [0.4, 0.5) is 0 Å². The Morgan fingerprint density at radius 1 is 1.15 bits per heavy atom. The number of carbonyl (C=O) groups is 1. The largest absolute Gasteiger partial charge is 0.394 e. The summed E-state index contributed by atoms with van der Waals surface area (Å²) in [6, 6.07) is 14.4. The lowest BCUT2D eigenvalue weighted by molar-refractivity contribution is 0.0916. The molecule has 0 bridgehead atoms. The third-order valence-corrected chi connectivity index (χ3v) is 4.13. The Bertz CT molecular complexity index is 966. The minimum Gasteiger partial charge on any atom is -0.394 e. The number of amides is 1. The number of para-hydroxylation sites is 1. The summed E-state index contributed by atoms with van der Waals surface area (Å²) in [5, 5.41) is 22.4. The van der Waals surface area contributed by atoms with E-state index in [2.05, 4.69) is 22.1 Å². The number of aliphatic hydroxyl groups is 2. The second kappa shape index (κ2) is 8.34. The van der Waals surface area contributed by atoms with Crippen molar-refractivity contribution in [2.75, 3.05) is 13.2 Å². The summed E-state index contributed by atoms with van der Waals surface area (Å²) in [5.74, 6) is 5.07. The first kappa shape index (κ1) is 17.7. The van der Waals surface area contributed by atoms with E-state index < -0.39 is 6.04 Å². The average Bonchev–Trinajstić information content (AvgIpc) is 3.09. The highest BCUT2D eigenvalue weighted by Crippen LogP contribution is 2.19. The van der Waals surface area contributed by atoms with Crippen molar-refractivity contribution in [2.24, 2.45) is 0 Å². The second-order valence-corrected chi connectivity index (χ2v) is 5.96. The number of carbonyl (C=O) groups excluding carboxylic acids is 1. The van der Waals surface area contributed by atoms with Crippen LogP contribution in [0.5, 0.6) is 0 Å². The van der Waals surface area contributed by atoms with Crippen LogP contribution in [0.2, 0.25) is 0 Å². The van der Waals surface area contributed by atoms with E-state index in [9.17, 15) is 9.90 Å². The fourth-order valence-electron chi connectivity index (χ4n) is 2.88. The molecule has 1 amide bonds. The molecule has 0 saturated carbocycles. The van der Waals surface area contributed by atoms with Crippen LogP contribution in [0.15, 0.2) is 54.7 Å². The van der Waals surface area contributed by atoms with Gasteiger partial charge in [-0.2, -0.15) is 0 Å². The fraction of sp³-hybridized carbons (Fsp3) is 0.190. The van der Waals surface area contributed by atoms with Crippen LogP contribution < -0.4 is 5.32 Å². The van der Waals surface area contributed by atoms with Gasteiger partial charge in [-0.15, -0.1) is 0 Å². The van der Waals surface area contributed by atoms with E-state index in [4.69, 9.17) is 5.11 Å². The highest BCUT2D eigenvalue weighted by Gasteiger charge is 2.15. The Morgan fingerprint density at radius 2 is 2.00 bits per heavy atom. The third-order valence-electron chi connectivity index (χ3n) is 4.13. The van der Waals surface area contributed by atoms with Gasteiger partial charge in [0.15, 0.2) is 0 Å². The molecule has 0 aliphatic rings. The maximum Gasteiger partial charge on any atom is 0.251 e. The summed E-state index contributed by atoms with van der Waals surface area (Å²) < 4.78 is 0. The smallest absolute Gasteiger partial charge is 0.251 e. The molecule has 3 aromatic rings. The van der Waals surface area contributed by atoms with Gasteiger partial charge in [0.05, 0.1) is 12.6 Å². The molecule has 0 unspecified atom stereocenters. The normalized spacial score (nSPS) is 11.6. The topological polar surface area (TPSA) is 85.4 Å². The van der Waals surface area contributed by atoms with Crippen LogP contribution >= 0.6 is 0 Å². The Labute approximate surface area is 151 Å². The lowest BCUT2D eigenvalue weighted by Gasteiger charge is -2.16. The summed E-state index contributed by atoms with van der Waals surface area (Å²) in [6.07, 6.45) is 2.43. The maximum atomic E-state index is 12.5. The van der Waals surface area contributed by atoms with Crippen molar-refractivity contribution in [2.45, 2.75) is 12.5 Å². The zero-order valence-electron chi connectivity index (χ0n) is 14.2. The first-order valence-electron chi connectivity index (χ1n) is 8.37. The van der Waals surface area contributed by atoms with E-state index >= 15 is 0 Å². The molecule has 2 aromatic carbocycles. The molecule has 0 radical (unpaired) electrons. The molecule has 0 saturated heterocycles. The number of aromatic nitrogens is 1. The van der Waals surface area contributed by atoms with Gasteiger partial charge in [-0.3, -0.25) is 4.79 Å². The van der Waals surface area contributed by atoms with E-state index in [1.165, 1.54) is 0 Å². The van der Waals surface area contributed by atoms with E-state index in [0.717, 1.165) is 16.5 Å². The van der Waals surface area contributed by atoms with Crippen molar-refractivity contribution >= 4 is 16.8 Å². The summed E-state index contributed by atoms with van der Waals surface area (Å²) in [6.45, 7) is -0.386. The van der Waals surface area contributed by atoms with Crippen molar-refractivity contribution in [1.82, 2.24) is 10.3 Å². The first-order chi connectivity index (χ1) is 12.7. The monoisotopic (exact) mass is 348 g/mol. The van der Waals surface area contributed by atoms with Crippen LogP contribution in [0.25, 0.3) is 10.9 Å². The number of aromatic amines is 1. The van der Waals surface area contributed by atoms with Crippen LogP contribution in [-0.2, 0) is 6.42 Å². The highest BCUT2D eigenvalue weighted by atomic mass is 16.3. The Balaban J connectivity index is 1.72. The van der Waals surface area contributed by atoms with Gasteiger partial charge in [0.2, 0.25) is 0 Å². The van der Waals surface area contributed by atoms with Crippen LogP contribution in [0.3, 0.4) is 0 Å². The molecular formula is C21H20N2O3. The van der Waals surface area contributed by atoms with Crippen LogP contribution in [0, 0.1) is 11.8 Å². The second-order valence-electron chi connectivity index (χ2n) is 5.96. The molecule has 26 heavy (non-hydrogen) atoms. The van der Waals surface area contributed by atoms with Gasteiger partial charge in [-0.05, 0) is 36.2 Å². The highest BCUT2D eigenvalue weighted by molar-refractivity contribution is 5.94. The Kier molecular flexibility index (Phi) is 5.69. The van der Waals surface area contributed by atoms with Gasteiger partial charge in [-0.25, -0.2) is 0 Å². The van der Waals surface area contributed by atoms with E-state index in [-0.39, 0.29) is 19.1 Å². The molecule has 0 fully saturated rings. The molecular weight excluding hydrogens is 328 g/mol. The van der Waals surface area contributed by atoms with Crippen molar-refractivity contribution in [3.8, 4) is 11.8 Å². The van der Waals surface area contributed by atoms with Gasteiger partial charge >= 0.3 is 0 Å². The molecule has 5 heteroatoms. The number of benzene rings is 2. The summed E-state index contributed by atoms with van der Waals surface area (Å²) in [4.78, 5) is 15.7. The molecule has 1 heterocycles. The molecule has 5 nitrogen and oxygen atoms in total. The van der Waals surface area contributed by atoms with E-state index in [1.54, 1.807) is 24.3 Å². The number of rotatable bonds is 5. The number of aliphatic hydroxyl groups excluding tert-OH is 2. The molecule has 4 N–H and O–H groups in total. The first-order valence-corrected chi connectivity index (χ1v) is 8.37. The van der Waals surface area contributed by atoms with Gasteiger partial charge in [-0.1, -0.05) is 36.1 Å². The fourth-order valence-corrected chi connectivity index (χ4v) is 2.88. The summed E-state index contributed by atoms with van der Waals surface area (Å²) >= 11 is 0. The zero-order chi connectivity index (χ0) is 18.4. The number of H-pyrrole nitrogens is 1. The molecule has 132 valence electrons. The van der Waals surface area contributed by atoms with Crippen molar-refractivity contribution in [3.05, 3.63) is 71.4 Å². The standard InChI is InChI=1S/C21H20N2O3/c24-10-4-6-15-5-3-7-16(11-15)21(26)23-18(14-25)12-17-13-22-20-9-2-1-8-19(17)20/h1-3,5,7-9,11,13,18,22,24-25H,10,12,14H2,(H,23,26)/t18-/m1/s1. The van der Waals surface area contributed by atoms with E-state index in [0.29, 0.717) is 17.5 Å². The lowest BCUT2D eigenvalue weighted by atomic mass is 10.0.